The second-order valence-electron chi connectivity index (χ2n) is 6.72. The lowest BCUT2D eigenvalue weighted by atomic mass is 10.2. The highest BCUT2D eigenvalue weighted by Crippen LogP contribution is 2.30. The number of anilines is 3. The number of H-pyrrole nitrogens is 1. The molecule has 5 aromatic rings. The highest BCUT2D eigenvalue weighted by atomic mass is 32.1. The number of ether oxygens (including phenoxy) is 1. The molecular formula is C22H20N6OS. The molecule has 3 N–H and O–H groups in total. The van der Waals surface area contributed by atoms with Crippen LogP contribution in [-0.4, -0.2) is 26.8 Å². The fourth-order valence-electron chi connectivity index (χ4n) is 3.30. The van der Waals surface area contributed by atoms with E-state index in [4.69, 9.17) is 9.72 Å². The summed E-state index contributed by atoms with van der Waals surface area (Å²) in [5.74, 6) is 2.22. The van der Waals surface area contributed by atoms with Gasteiger partial charge in [0.2, 0.25) is 5.95 Å². The second kappa shape index (κ2) is 8.00. The van der Waals surface area contributed by atoms with Crippen LogP contribution in [0.1, 0.15) is 12.5 Å². The van der Waals surface area contributed by atoms with Crippen LogP contribution in [0.15, 0.2) is 60.1 Å². The number of fused-ring (bicyclic) bond motifs is 2. The molecule has 5 rings (SSSR count). The van der Waals surface area contributed by atoms with Crippen LogP contribution >= 0.6 is 11.3 Å². The predicted molar refractivity (Wildman–Crippen MR) is 122 cm³/mol. The summed E-state index contributed by atoms with van der Waals surface area (Å²) in [4.78, 5) is 9.40. The minimum Gasteiger partial charge on any atom is -0.494 e. The summed E-state index contributed by atoms with van der Waals surface area (Å²) in [5, 5.41) is 16.9. The molecule has 0 saturated heterocycles. The van der Waals surface area contributed by atoms with Gasteiger partial charge in [-0.05, 0) is 42.6 Å². The van der Waals surface area contributed by atoms with Crippen molar-refractivity contribution in [3.8, 4) is 5.75 Å². The van der Waals surface area contributed by atoms with Crippen molar-refractivity contribution in [3.05, 3.63) is 65.7 Å². The molecule has 7 nitrogen and oxygen atoms in total. The van der Waals surface area contributed by atoms with E-state index < -0.39 is 0 Å². The van der Waals surface area contributed by atoms with E-state index in [0.717, 1.165) is 43.9 Å². The molecule has 0 spiro atoms. The van der Waals surface area contributed by atoms with Crippen molar-refractivity contribution in [3.63, 3.8) is 0 Å². The average Bonchev–Trinajstić information content (AvgIpc) is 3.42. The smallest absolute Gasteiger partial charge is 0.225 e. The number of rotatable bonds is 7. The molecule has 0 amide bonds. The van der Waals surface area contributed by atoms with E-state index in [1.807, 2.05) is 67.0 Å². The summed E-state index contributed by atoms with van der Waals surface area (Å²) in [5.41, 5.74) is 3.92. The third kappa shape index (κ3) is 3.65. The van der Waals surface area contributed by atoms with Crippen LogP contribution in [0, 0.1) is 0 Å². The first-order valence-corrected chi connectivity index (χ1v) is 10.6. The minimum atomic E-state index is 0.569. The third-order valence-corrected chi connectivity index (χ3v) is 5.63. The molecule has 0 saturated carbocycles. The first-order valence-electron chi connectivity index (χ1n) is 9.70. The normalized spacial score (nSPS) is 11.1. The Kier molecular flexibility index (Phi) is 4.90. The van der Waals surface area contributed by atoms with E-state index in [-0.39, 0.29) is 0 Å². The van der Waals surface area contributed by atoms with Crippen LogP contribution in [0.2, 0.25) is 0 Å². The van der Waals surface area contributed by atoms with Crippen LogP contribution in [0.5, 0.6) is 5.75 Å². The Bertz CT molecular complexity index is 1310. The maximum atomic E-state index is 5.72. The van der Waals surface area contributed by atoms with Crippen LogP contribution in [0.4, 0.5) is 17.5 Å². The Morgan fingerprint density at radius 1 is 1.10 bits per heavy atom. The monoisotopic (exact) mass is 416 g/mol. The average molecular weight is 417 g/mol. The molecule has 3 heterocycles. The first kappa shape index (κ1) is 18.4. The Morgan fingerprint density at radius 3 is 2.97 bits per heavy atom. The van der Waals surface area contributed by atoms with Gasteiger partial charge in [-0.25, -0.2) is 4.98 Å². The second-order valence-corrected chi connectivity index (χ2v) is 7.64. The van der Waals surface area contributed by atoms with Gasteiger partial charge in [0, 0.05) is 23.2 Å². The van der Waals surface area contributed by atoms with Gasteiger partial charge < -0.3 is 15.4 Å². The number of nitrogens with zero attached hydrogens (tertiary/aromatic N) is 3. The number of aromatic nitrogens is 4. The van der Waals surface area contributed by atoms with E-state index >= 15 is 0 Å². The van der Waals surface area contributed by atoms with Crippen molar-refractivity contribution in [2.45, 2.75) is 13.5 Å². The summed E-state index contributed by atoms with van der Waals surface area (Å²) in [6.07, 6.45) is 1.81. The number of hydrogen-bond acceptors (Lipinski definition) is 7. The lowest BCUT2D eigenvalue weighted by Gasteiger charge is -2.12. The lowest BCUT2D eigenvalue weighted by Crippen LogP contribution is -2.07. The molecule has 0 bridgehead atoms. The maximum absolute atomic E-state index is 5.72. The van der Waals surface area contributed by atoms with Crippen LogP contribution in [0.25, 0.3) is 21.1 Å². The molecule has 0 atom stereocenters. The van der Waals surface area contributed by atoms with Crippen molar-refractivity contribution in [2.24, 2.45) is 0 Å². The number of nitrogens with one attached hydrogen (secondary N) is 3. The topological polar surface area (TPSA) is 87.8 Å². The molecule has 0 fully saturated rings. The molecule has 0 aliphatic rings. The van der Waals surface area contributed by atoms with Gasteiger partial charge in [0.05, 0.1) is 28.5 Å². The molecule has 150 valence electrons. The fourth-order valence-corrected chi connectivity index (χ4v) is 4.08. The van der Waals surface area contributed by atoms with E-state index in [0.29, 0.717) is 19.1 Å². The summed E-state index contributed by atoms with van der Waals surface area (Å²) >= 11 is 1.62. The zero-order valence-electron chi connectivity index (χ0n) is 16.3. The van der Waals surface area contributed by atoms with Gasteiger partial charge in [-0.1, -0.05) is 18.2 Å². The molecule has 30 heavy (non-hydrogen) atoms. The number of hydrogen-bond donors (Lipinski definition) is 3. The van der Waals surface area contributed by atoms with E-state index in [2.05, 4.69) is 25.8 Å². The number of para-hydroxylation sites is 1. The first-order chi connectivity index (χ1) is 14.8. The summed E-state index contributed by atoms with van der Waals surface area (Å²) < 4.78 is 6.73. The summed E-state index contributed by atoms with van der Waals surface area (Å²) in [6.45, 7) is 3.19. The van der Waals surface area contributed by atoms with Gasteiger partial charge in [-0.3, -0.25) is 5.10 Å². The van der Waals surface area contributed by atoms with Gasteiger partial charge in [0.1, 0.15) is 5.75 Å². The van der Waals surface area contributed by atoms with Gasteiger partial charge >= 0.3 is 0 Å². The zero-order valence-corrected chi connectivity index (χ0v) is 17.2. The van der Waals surface area contributed by atoms with Gasteiger partial charge in [0.25, 0.3) is 0 Å². The van der Waals surface area contributed by atoms with Gasteiger partial charge in [-0.15, -0.1) is 11.3 Å². The molecule has 0 radical (unpaired) electrons. The van der Waals surface area contributed by atoms with Gasteiger partial charge in [-0.2, -0.15) is 10.1 Å². The fraction of sp³-hybridized carbons (Fsp3) is 0.136. The molecule has 8 heteroatoms. The third-order valence-electron chi connectivity index (χ3n) is 4.72. The van der Waals surface area contributed by atoms with E-state index in [1.165, 1.54) is 0 Å². The standard InChI is InChI=1S/C22H20N6OS/c1-2-29-19-6-4-3-5-14(19)12-23-22-26-18-9-10-30-20(18)21(27-22)25-16-7-8-17-15(11-16)13-24-28-17/h3-11,13H,2,12H2,1H3,(H,24,28)(H2,23,25,26,27). The molecule has 0 aliphatic heterocycles. The molecule has 0 aliphatic carbocycles. The Hall–Kier alpha value is -3.65. The number of thiophene rings is 1. The van der Waals surface area contributed by atoms with Crippen molar-refractivity contribution in [2.75, 3.05) is 17.2 Å². The van der Waals surface area contributed by atoms with Crippen molar-refractivity contribution >= 4 is 49.9 Å². The molecule has 3 aromatic heterocycles. The Morgan fingerprint density at radius 2 is 2.03 bits per heavy atom. The Labute approximate surface area is 177 Å². The van der Waals surface area contributed by atoms with Crippen molar-refractivity contribution < 1.29 is 4.74 Å². The SMILES string of the molecule is CCOc1ccccc1CNc1nc(Nc2ccc3[nH]ncc3c2)c2sccc2n1. The quantitative estimate of drug-likeness (QED) is 0.333. The summed E-state index contributed by atoms with van der Waals surface area (Å²) in [7, 11) is 0. The van der Waals surface area contributed by atoms with Crippen LogP contribution in [-0.2, 0) is 6.54 Å². The van der Waals surface area contributed by atoms with Crippen LogP contribution < -0.4 is 15.4 Å². The highest BCUT2D eigenvalue weighted by Gasteiger charge is 2.11. The zero-order chi connectivity index (χ0) is 20.3. The van der Waals surface area contributed by atoms with E-state index in [1.54, 1.807) is 11.3 Å². The maximum Gasteiger partial charge on any atom is 0.225 e. The van der Waals surface area contributed by atoms with Crippen LogP contribution in [0.3, 0.4) is 0 Å². The number of benzene rings is 2. The van der Waals surface area contributed by atoms with Crippen molar-refractivity contribution in [1.82, 2.24) is 20.2 Å². The number of aromatic amines is 1. The van der Waals surface area contributed by atoms with Crippen molar-refractivity contribution in [1.29, 1.82) is 0 Å². The summed E-state index contributed by atoms with van der Waals surface area (Å²) in [6, 6.07) is 16.1. The lowest BCUT2D eigenvalue weighted by molar-refractivity contribution is 0.337. The minimum absolute atomic E-state index is 0.569. The predicted octanol–water partition coefficient (Wildman–Crippen LogP) is 5.32. The largest absolute Gasteiger partial charge is 0.494 e. The van der Waals surface area contributed by atoms with Gasteiger partial charge in [0.15, 0.2) is 5.82 Å². The molecular weight excluding hydrogens is 396 g/mol. The molecule has 2 aromatic carbocycles. The van der Waals surface area contributed by atoms with E-state index in [9.17, 15) is 0 Å². The Balaban J connectivity index is 1.43. The highest BCUT2D eigenvalue weighted by molar-refractivity contribution is 7.17. The molecule has 0 unspecified atom stereocenters.